The standard InChI is InChI=1S/C16H15BrClFO/c1-9-6-11(7-10(2)16(9)20-3)15(17)13-8-12(18)4-5-14(13)19/h4-8,15H,1-3H3. The first kappa shape index (κ1) is 15.3. The van der Waals surface area contributed by atoms with Gasteiger partial charge in [0.25, 0.3) is 0 Å². The summed E-state index contributed by atoms with van der Waals surface area (Å²) in [6, 6.07) is 8.56. The van der Waals surface area contributed by atoms with Crippen LogP contribution in [-0.2, 0) is 0 Å². The highest BCUT2D eigenvalue weighted by Crippen LogP contribution is 2.37. The number of aryl methyl sites for hydroxylation is 2. The average Bonchev–Trinajstić information content (AvgIpc) is 2.40. The van der Waals surface area contributed by atoms with Crippen molar-refractivity contribution in [2.24, 2.45) is 0 Å². The van der Waals surface area contributed by atoms with E-state index in [2.05, 4.69) is 15.9 Å². The number of rotatable bonds is 3. The van der Waals surface area contributed by atoms with Gasteiger partial charge in [-0.15, -0.1) is 0 Å². The number of hydrogen-bond donors (Lipinski definition) is 0. The third-order valence-corrected chi connectivity index (χ3v) is 4.47. The van der Waals surface area contributed by atoms with Gasteiger partial charge in [-0.25, -0.2) is 4.39 Å². The van der Waals surface area contributed by atoms with Crippen molar-refractivity contribution < 1.29 is 9.13 Å². The highest BCUT2D eigenvalue weighted by Gasteiger charge is 2.17. The van der Waals surface area contributed by atoms with Gasteiger partial charge < -0.3 is 4.74 Å². The van der Waals surface area contributed by atoms with Crippen molar-refractivity contribution in [3.05, 3.63) is 63.4 Å². The van der Waals surface area contributed by atoms with Gasteiger partial charge in [0.15, 0.2) is 0 Å². The van der Waals surface area contributed by atoms with Gasteiger partial charge >= 0.3 is 0 Å². The summed E-state index contributed by atoms with van der Waals surface area (Å²) in [7, 11) is 1.65. The van der Waals surface area contributed by atoms with E-state index in [0.717, 1.165) is 22.4 Å². The Balaban J connectivity index is 2.48. The summed E-state index contributed by atoms with van der Waals surface area (Å²) >= 11 is 9.51. The van der Waals surface area contributed by atoms with Crippen LogP contribution in [0.1, 0.15) is 27.1 Å². The molecule has 1 atom stereocenters. The van der Waals surface area contributed by atoms with Gasteiger partial charge in [-0.3, -0.25) is 0 Å². The van der Waals surface area contributed by atoms with Crippen LogP contribution in [0.3, 0.4) is 0 Å². The van der Waals surface area contributed by atoms with E-state index in [0.29, 0.717) is 10.6 Å². The summed E-state index contributed by atoms with van der Waals surface area (Å²) in [5.74, 6) is 0.586. The second-order valence-corrected chi connectivity index (χ2v) is 6.07. The molecule has 2 aromatic rings. The molecule has 106 valence electrons. The molecule has 0 saturated heterocycles. The Morgan fingerprint density at radius 1 is 1.15 bits per heavy atom. The molecule has 0 fully saturated rings. The minimum Gasteiger partial charge on any atom is -0.496 e. The number of methoxy groups -OCH3 is 1. The van der Waals surface area contributed by atoms with Crippen molar-refractivity contribution in [2.45, 2.75) is 18.7 Å². The van der Waals surface area contributed by atoms with E-state index in [1.165, 1.54) is 6.07 Å². The highest BCUT2D eigenvalue weighted by atomic mass is 79.9. The summed E-state index contributed by atoms with van der Waals surface area (Å²) in [6.45, 7) is 3.95. The number of benzene rings is 2. The first-order valence-corrected chi connectivity index (χ1v) is 7.47. The van der Waals surface area contributed by atoms with E-state index in [1.807, 2.05) is 26.0 Å². The van der Waals surface area contributed by atoms with Crippen LogP contribution in [0.2, 0.25) is 5.02 Å². The van der Waals surface area contributed by atoms with Crippen molar-refractivity contribution in [1.29, 1.82) is 0 Å². The highest BCUT2D eigenvalue weighted by molar-refractivity contribution is 9.09. The Labute approximate surface area is 131 Å². The lowest BCUT2D eigenvalue weighted by molar-refractivity contribution is 0.408. The van der Waals surface area contributed by atoms with Crippen molar-refractivity contribution >= 4 is 27.5 Å². The van der Waals surface area contributed by atoms with Gasteiger partial charge in [0.2, 0.25) is 0 Å². The number of alkyl halides is 1. The van der Waals surface area contributed by atoms with Gasteiger partial charge in [0.1, 0.15) is 11.6 Å². The van der Waals surface area contributed by atoms with E-state index in [4.69, 9.17) is 16.3 Å². The van der Waals surface area contributed by atoms with Gasteiger partial charge in [-0.05, 0) is 48.7 Å². The molecule has 0 aliphatic carbocycles. The Bertz CT molecular complexity index is 619. The lowest BCUT2D eigenvalue weighted by atomic mass is 9.99. The second-order valence-electron chi connectivity index (χ2n) is 4.72. The van der Waals surface area contributed by atoms with Crippen LogP contribution in [0.15, 0.2) is 30.3 Å². The van der Waals surface area contributed by atoms with Crippen LogP contribution in [0.5, 0.6) is 5.75 Å². The molecule has 0 aliphatic rings. The van der Waals surface area contributed by atoms with Crippen LogP contribution in [-0.4, -0.2) is 7.11 Å². The number of hydrogen-bond acceptors (Lipinski definition) is 1. The fourth-order valence-electron chi connectivity index (χ4n) is 2.34. The minimum atomic E-state index is -0.276. The van der Waals surface area contributed by atoms with E-state index < -0.39 is 0 Å². The van der Waals surface area contributed by atoms with Crippen molar-refractivity contribution in [1.82, 2.24) is 0 Å². The zero-order valence-electron chi connectivity index (χ0n) is 11.5. The van der Waals surface area contributed by atoms with E-state index in [1.54, 1.807) is 19.2 Å². The first-order valence-electron chi connectivity index (χ1n) is 6.18. The van der Waals surface area contributed by atoms with Gasteiger partial charge in [-0.2, -0.15) is 0 Å². The molecular formula is C16H15BrClFO. The molecule has 1 nitrogen and oxygen atoms in total. The maximum absolute atomic E-state index is 13.9. The molecule has 4 heteroatoms. The van der Waals surface area contributed by atoms with Gasteiger partial charge in [0, 0.05) is 10.6 Å². The Morgan fingerprint density at radius 2 is 1.75 bits per heavy atom. The smallest absolute Gasteiger partial charge is 0.127 e. The molecule has 2 aromatic carbocycles. The van der Waals surface area contributed by atoms with Crippen molar-refractivity contribution in [2.75, 3.05) is 7.11 Å². The number of ether oxygens (including phenoxy) is 1. The maximum atomic E-state index is 13.9. The summed E-state index contributed by atoms with van der Waals surface area (Å²) in [5.41, 5.74) is 3.55. The summed E-state index contributed by atoms with van der Waals surface area (Å²) in [5, 5.41) is 0.521. The molecule has 1 unspecified atom stereocenters. The quantitative estimate of drug-likeness (QED) is 0.651. The van der Waals surface area contributed by atoms with Gasteiger partial charge in [-0.1, -0.05) is 39.7 Å². The molecule has 0 aliphatic heterocycles. The van der Waals surface area contributed by atoms with E-state index >= 15 is 0 Å². The zero-order chi connectivity index (χ0) is 14.9. The molecule has 0 bridgehead atoms. The molecule has 0 N–H and O–H groups in total. The van der Waals surface area contributed by atoms with Crippen molar-refractivity contribution in [3.63, 3.8) is 0 Å². The maximum Gasteiger partial charge on any atom is 0.127 e. The van der Waals surface area contributed by atoms with Crippen LogP contribution in [0, 0.1) is 19.7 Å². The van der Waals surface area contributed by atoms with E-state index in [-0.39, 0.29) is 10.6 Å². The predicted molar refractivity (Wildman–Crippen MR) is 84.6 cm³/mol. The lowest BCUT2D eigenvalue weighted by Gasteiger charge is -2.16. The normalized spacial score (nSPS) is 12.3. The summed E-state index contributed by atoms with van der Waals surface area (Å²) in [6.07, 6.45) is 0. The average molecular weight is 358 g/mol. The van der Waals surface area contributed by atoms with Crippen LogP contribution >= 0.6 is 27.5 Å². The second kappa shape index (κ2) is 6.15. The van der Waals surface area contributed by atoms with Crippen LogP contribution in [0.25, 0.3) is 0 Å². The molecule has 20 heavy (non-hydrogen) atoms. The first-order chi connectivity index (χ1) is 9.43. The van der Waals surface area contributed by atoms with Crippen molar-refractivity contribution in [3.8, 4) is 5.75 Å². The third kappa shape index (κ3) is 2.99. The fraction of sp³-hybridized carbons (Fsp3) is 0.250. The van der Waals surface area contributed by atoms with E-state index in [9.17, 15) is 4.39 Å². The molecule has 0 saturated carbocycles. The monoisotopic (exact) mass is 356 g/mol. The molecule has 0 spiro atoms. The molecule has 0 heterocycles. The molecule has 2 rings (SSSR count). The molecule has 0 amide bonds. The predicted octanol–water partition coefficient (Wildman–Crippen LogP) is 5.59. The molecular weight excluding hydrogens is 343 g/mol. The molecule has 0 aromatic heterocycles. The Morgan fingerprint density at radius 3 is 2.30 bits per heavy atom. The minimum absolute atomic E-state index is 0.246. The topological polar surface area (TPSA) is 9.23 Å². The van der Waals surface area contributed by atoms with Gasteiger partial charge in [0.05, 0.1) is 11.9 Å². The lowest BCUT2D eigenvalue weighted by Crippen LogP contribution is -2.00. The fourth-order valence-corrected chi connectivity index (χ4v) is 3.14. The van der Waals surface area contributed by atoms with Crippen LogP contribution in [0.4, 0.5) is 4.39 Å². The third-order valence-electron chi connectivity index (χ3n) is 3.21. The molecule has 0 radical (unpaired) electrons. The van der Waals surface area contributed by atoms with Crippen LogP contribution < -0.4 is 4.74 Å². The zero-order valence-corrected chi connectivity index (χ0v) is 13.8. The summed E-state index contributed by atoms with van der Waals surface area (Å²) < 4.78 is 19.3. The largest absolute Gasteiger partial charge is 0.496 e. The Kier molecular flexibility index (Phi) is 4.71. The Hall–Kier alpha value is -1.06. The SMILES string of the molecule is COc1c(C)cc(C(Br)c2cc(Cl)ccc2F)cc1C. The number of halogens is 3. The summed E-state index contributed by atoms with van der Waals surface area (Å²) in [4.78, 5) is -0.246.